The minimum Gasteiger partial charge on any atom is -0.477 e. The molecule has 0 unspecified atom stereocenters. The number of piperazine rings is 1. The molecule has 0 radical (unpaired) electrons. The van der Waals surface area contributed by atoms with Crippen LogP contribution in [0.4, 0.5) is 0 Å². The summed E-state index contributed by atoms with van der Waals surface area (Å²) in [5.74, 6) is 0.449. The van der Waals surface area contributed by atoms with E-state index >= 15 is 0 Å². The fraction of sp³-hybridized carbons (Fsp3) is 0.692. The van der Waals surface area contributed by atoms with Gasteiger partial charge in [0.05, 0.1) is 6.61 Å². The van der Waals surface area contributed by atoms with Gasteiger partial charge < -0.3 is 14.5 Å². The van der Waals surface area contributed by atoms with Gasteiger partial charge in [-0.05, 0) is 6.54 Å². The van der Waals surface area contributed by atoms with E-state index in [0.29, 0.717) is 23.2 Å². The zero-order valence-electron chi connectivity index (χ0n) is 11.6. The predicted molar refractivity (Wildman–Crippen MR) is 75.4 cm³/mol. The van der Waals surface area contributed by atoms with Crippen molar-refractivity contribution < 1.29 is 9.53 Å². The van der Waals surface area contributed by atoms with E-state index in [9.17, 15) is 4.79 Å². The zero-order chi connectivity index (χ0) is 14.1. The lowest BCUT2D eigenvalue weighted by molar-refractivity contribution is 0.0637. The Bertz CT molecular complexity index is 509. The Morgan fingerprint density at radius 3 is 2.70 bits per heavy atom. The van der Waals surface area contributed by atoms with Crippen LogP contribution in [0.15, 0.2) is 0 Å². The van der Waals surface area contributed by atoms with Crippen LogP contribution in [-0.4, -0.2) is 64.8 Å². The molecule has 1 aromatic rings. The fourth-order valence-corrected chi connectivity index (χ4v) is 2.92. The van der Waals surface area contributed by atoms with Gasteiger partial charge in [-0.25, -0.2) is 4.68 Å². The number of carbonyl (C=O) groups excluding carboxylic acids is 1. The molecule has 6 nitrogen and oxygen atoms in total. The number of hydrogen-bond acceptors (Lipinski definition) is 4. The van der Waals surface area contributed by atoms with Crippen molar-refractivity contribution in [3.05, 3.63) is 10.7 Å². The maximum Gasteiger partial charge on any atom is 0.276 e. The second-order valence-electron chi connectivity index (χ2n) is 5.12. The molecule has 3 rings (SSSR count). The second-order valence-corrected chi connectivity index (χ2v) is 5.50. The van der Waals surface area contributed by atoms with Crippen LogP contribution >= 0.6 is 11.6 Å². The van der Waals surface area contributed by atoms with Crippen LogP contribution in [0.1, 0.15) is 23.8 Å². The summed E-state index contributed by atoms with van der Waals surface area (Å²) < 4.78 is 7.19. The topological polar surface area (TPSA) is 50.6 Å². The first-order valence-corrected chi connectivity index (χ1v) is 7.49. The molecule has 0 aromatic carbocycles. The monoisotopic (exact) mass is 298 g/mol. The summed E-state index contributed by atoms with van der Waals surface area (Å²) in [5, 5.41) is 4.67. The Morgan fingerprint density at radius 1 is 1.30 bits per heavy atom. The van der Waals surface area contributed by atoms with Crippen LogP contribution in [-0.2, 0) is 6.54 Å². The van der Waals surface area contributed by atoms with Gasteiger partial charge in [-0.3, -0.25) is 4.79 Å². The molecule has 1 saturated heterocycles. The fourth-order valence-electron chi connectivity index (χ4n) is 2.65. The van der Waals surface area contributed by atoms with Crippen LogP contribution in [0.2, 0.25) is 5.02 Å². The van der Waals surface area contributed by atoms with Crippen molar-refractivity contribution in [2.24, 2.45) is 0 Å². The van der Waals surface area contributed by atoms with Crippen molar-refractivity contribution in [2.75, 3.05) is 39.3 Å². The van der Waals surface area contributed by atoms with Crippen molar-refractivity contribution in [1.29, 1.82) is 0 Å². The van der Waals surface area contributed by atoms with Crippen LogP contribution in [0.3, 0.4) is 0 Å². The molecule has 0 atom stereocenters. The molecule has 20 heavy (non-hydrogen) atoms. The van der Waals surface area contributed by atoms with E-state index in [4.69, 9.17) is 16.3 Å². The van der Waals surface area contributed by atoms with Crippen LogP contribution in [0.5, 0.6) is 5.88 Å². The number of aryl methyl sites for hydroxylation is 1. The van der Waals surface area contributed by atoms with Crippen LogP contribution < -0.4 is 4.74 Å². The van der Waals surface area contributed by atoms with Gasteiger partial charge in [-0.1, -0.05) is 18.5 Å². The third-order valence-corrected chi connectivity index (χ3v) is 4.25. The normalized spacial score (nSPS) is 19.6. The first kappa shape index (κ1) is 13.7. The molecule has 2 aliphatic heterocycles. The Labute approximate surface area is 123 Å². The molecular formula is C13H19ClN4O2. The number of hydrogen-bond donors (Lipinski definition) is 0. The summed E-state index contributed by atoms with van der Waals surface area (Å²) in [6.07, 6.45) is 0.897. The average molecular weight is 299 g/mol. The quantitative estimate of drug-likeness (QED) is 0.820. The summed E-state index contributed by atoms with van der Waals surface area (Å²) in [6.45, 7) is 7.82. The van der Waals surface area contributed by atoms with Gasteiger partial charge in [0.15, 0.2) is 5.69 Å². The molecule has 0 N–H and O–H groups in total. The summed E-state index contributed by atoms with van der Waals surface area (Å²) in [6, 6.07) is 0. The molecule has 7 heteroatoms. The summed E-state index contributed by atoms with van der Waals surface area (Å²) in [4.78, 5) is 16.7. The smallest absolute Gasteiger partial charge is 0.276 e. The van der Waals surface area contributed by atoms with E-state index in [1.54, 1.807) is 4.68 Å². The number of halogens is 1. The van der Waals surface area contributed by atoms with Crippen molar-refractivity contribution in [3.8, 4) is 5.88 Å². The number of ether oxygens (including phenoxy) is 1. The maximum atomic E-state index is 12.5. The number of likely N-dealkylation sites (N-methyl/N-ethyl adjacent to an activating group) is 1. The number of fused-ring (bicyclic) bond motifs is 1. The van der Waals surface area contributed by atoms with E-state index in [-0.39, 0.29) is 5.91 Å². The molecule has 0 saturated carbocycles. The van der Waals surface area contributed by atoms with E-state index in [0.717, 1.165) is 45.7 Å². The first-order valence-electron chi connectivity index (χ1n) is 7.11. The second kappa shape index (κ2) is 5.61. The molecule has 1 aromatic heterocycles. The summed E-state index contributed by atoms with van der Waals surface area (Å²) >= 11 is 6.25. The van der Waals surface area contributed by atoms with E-state index in [2.05, 4.69) is 16.9 Å². The molecular weight excluding hydrogens is 280 g/mol. The van der Waals surface area contributed by atoms with Crippen molar-refractivity contribution in [2.45, 2.75) is 19.9 Å². The van der Waals surface area contributed by atoms with Gasteiger partial charge in [0.1, 0.15) is 5.02 Å². The highest BCUT2D eigenvalue weighted by atomic mass is 35.5. The largest absolute Gasteiger partial charge is 0.477 e. The van der Waals surface area contributed by atoms with Crippen molar-refractivity contribution in [3.63, 3.8) is 0 Å². The van der Waals surface area contributed by atoms with Gasteiger partial charge in [0, 0.05) is 39.1 Å². The van der Waals surface area contributed by atoms with Gasteiger partial charge in [0.25, 0.3) is 5.91 Å². The Hall–Kier alpha value is -1.27. The Balaban J connectivity index is 1.76. The third-order valence-electron chi connectivity index (χ3n) is 3.91. The maximum absolute atomic E-state index is 12.5. The third kappa shape index (κ3) is 2.38. The number of amides is 1. The molecule has 0 bridgehead atoms. The summed E-state index contributed by atoms with van der Waals surface area (Å²) in [7, 11) is 0. The van der Waals surface area contributed by atoms with Crippen molar-refractivity contribution >= 4 is 17.5 Å². The lowest BCUT2D eigenvalue weighted by Gasteiger charge is -2.33. The number of carbonyl (C=O) groups is 1. The highest BCUT2D eigenvalue weighted by Crippen LogP contribution is 2.31. The van der Waals surface area contributed by atoms with Gasteiger partial charge in [0.2, 0.25) is 5.88 Å². The van der Waals surface area contributed by atoms with E-state index < -0.39 is 0 Å². The first-order chi connectivity index (χ1) is 9.70. The van der Waals surface area contributed by atoms with E-state index in [1.807, 2.05) is 4.90 Å². The average Bonchev–Trinajstić information content (AvgIpc) is 2.84. The number of aromatic nitrogens is 2. The molecule has 1 fully saturated rings. The summed E-state index contributed by atoms with van der Waals surface area (Å²) in [5.41, 5.74) is 0.327. The zero-order valence-corrected chi connectivity index (χ0v) is 12.4. The minimum atomic E-state index is -0.0868. The predicted octanol–water partition coefficient (Wildman–Crippen LogP) is 1.10. The molecule has 2 aliphatic rings. The number of rotatable bonds is 2. The van der Waals surface area contributed by atoms with Crippen molar-refractivity contribution in [1.82, 2.24) is 19.6 Å². The highest BCUT2D eigenvalue weighted by Gasteiger charge is 2.29. The lowest BCUT2D eigenvalue weighted by Crippen LogP contribution is -2.48. The Morgan fingerprint density at radius 2 is 2.05 bits per heavy atom. The highest BCUT2D eigenvalue weighted by molar-refractivity contribution is 6.34. The molecule has 3 heterocycles. The molecule has 110 valence electrons. The standard InChI is InChI=1S/C13H19ClN4O2/c1-2-16-5-7-17(8-6-16)12(19)11-10(14)13-18(15-11)4-3-9-20-13/h2-9H2,1H3. The van der Waals surface area contributed by atoms with Crippen LogP contribution in [0.25, 0.3) is 0 Å². The number of nitrogens with zero attached hydrogens (tertiary/aromatic N) is 4. The lowest BCUT2D eigenvalue weighted by atomic mass is 10.2. The van der Waals surface area contributed by atoms with Gasteiger partial charge in [-0.15, -0.1) is 0 Å². The van der Waals surface area contributed by atoms with E-state index in [1.165, 1.54) is 0 Å². The minimum absolute atomic E-state index is 0.0868. The Kier molecular flexibility index (Phi) is 3.85. The molecule has 1 amide bonds. The van der Waals surface area contributed by atoms with Gasteiger partial charge in [-0.2, -0.15) is 5.10 Å². The van der Waals surface area contributed by atoms with Crippen LogP contribution in [0, 0.1) is 0 Å². The SMILES string of the molecule is CCN1CCN(C(=O)c2nn3c(c2Cl)OCCC3)CC1. The van der Waals surface area contributed by atoms with Gasteiger partial charge >= 0.3 is 0 Å². The molecule has 0 spiro atoms. The molecule has 0 aliphatic carbocycles.